The molecule has 2 rings (SSSR count). The summed E-state index contributed by atoms with van der Waals surface area (Å²) in [5.74, 6) is 0.828. The van der Waals surface area contributed by atoms with Gasteiger partial charge >= 0.3 is 0 Å². The highest BCUT2D eigenvalue weighted by atomic mass is 32.2. The van der Waals surface area contributed by atoms with E-state index in [9.17, 15) is 8.42 Å². The van der Waals surface area contributed by atoms with Crippen molar-refractivity contribution in [2.24, 2.45) is 0 Å². The lowest BCUT2D eigenvalue weighted by molar-refractivity contribution is 0.392. The average Bonchev–Trinajstić information content (AvgIpc) is 2.50. The van der Waals surface area contributed by atoms with Crippen molar-refractivity contribution in [1.29, 1.82) is 0 Å². The molecule has 0 spiro atoms. The minimum absolute atomic E-state index is 0.492. The Kier molecular flexibility index (Phi) is 3.51. The largest absolute Gasteiger partial charge is 0.399 e. The molecular weight excluding hydrogens is 276 g/mol. The fraction of sp³-hybridized carbons (Fsp3) is 0.462. The summed E-state index contributed by atoms with van der Waals surface area (Å²) < 4.78 is 27.5. The van der Waals surface area contributed by atoms with Crippen LogP contribution in [0.15, 0.2) is 18.2 Å². The van der Waals surface area contributed by atoms with Gasteiger partial charge in [-0.25, -0.2) is 18.1 Å². The van der Waals surface area contributed by atoms with Gasteiger partial charge in [-0.3, -0.25) is 0 Å². The maximum atomic E-state index is 11.4. The molecule has 0 unspecified atom stereocenters. The molecule has 1 aromatic heterocycles. The van der Waals surface area contributed by atoms with E-state index in [-0.39, 0.29) is 0 Å². The first kappa shape index (κ1) is 14.8. The van der Waals surface area contributed by atoms with Crippen molar-refractivity contribution in [3.05, 3.63) is 24.0 Å². The van der Waals surface area contributed by atoms with Gasteiger partial charge in [-0.2, -0.15) is 0 Å². The Morgan fingerprint density at radius 2 is 2.05 bits per heavy atom. The van der Waals surface area contributed by atoms with E-state index in [1.165, 1.54) is 0 Å². The quantitative estimate of drug-likeness (QED) is 0.831. The fourth-order valence-corrected chi connectivity index (χ4v) is 3.46. The van der Waals surface area contributed by atoms with Crippen LogP contribution < -0.4 is 10.5 Å². The molecule has 1 aromatic carbocycles. The number of nitrogens with one attached hydrogen (secondary N) is 1. The van der Waals surface area contributed by atoms with Crippen molar-refractivity contribution in [3.63, 3.8) is 0 Å². The molecule has 20 heavy (non-hydrogen) atoms. The summed E-state index contributed by atoms with van der Waals surface area (Å²) in [6.45, 7) is 6.08. The SMILES string of the molecule is Cc1nc2cc(N)ccc2n1CC(C)(C)NS(C)(=O)=O. The highest BCUT2D eigenvalue weighted by molar-refractivity contribution is 7.88. The summed E-state index contributed by atoms with van der Waals surface area (Å²) in [6.07, 6.45) is 1.16. The van der Waals surface area contributed by atoms with Crippen LogP contribution >= 0.6 is 0 Å². The molecule has 0 saturated heterocycles. The van der Waals surface area contributed by atoms with Crippen LogP contribution in [0.5, 0.6) is 0 Å². The summed E-state index contributed by atoms with van der Waals surface area (Å²) in [5.41, 5.74) is 7.57. The van der Waals surface area contributed by atoms with E-state index in [4.69, 9.17) is 5.73 Å². The minimum atomic E-state index is -3.26. The number of aromatic nitrogens is 2. The molecule has 2 aromatic rings. The van der Waals surface area contributed by atoms with Gasteiger partial charge in [0.05, 0.1) is 17.3 Å². The summed E-state index contributed by atoms with van der Waals surface area (Å²) in [5, 5.41) is 0. The van der Waals surface area contributed by atoms with Gasteiger partial charge in [-0.05, 0) is 39.0 Å². The Bertz CT molecular complexity index is 747. The molecule has 0 saturated carbocycles. The molecule has 3 N–H and O–H groups in total. The first-order chi connectivity index (χ1) is 9.07. The number of hydrogen-bond acceptors (Lipinski definition) is 4. The summed E-state index contributed by atoms with van der Waals surface area (Å²) >= 11 is 0. The van der Waals surface area contributed by atoms with E-state index in [2.05, 4.69) is 9.71 Å². The van der Waals surface area contributed by atoms with Crippen LogP contribution in [0, 0.1) is 6.92 Å². The van der Waals surface area contributed by atoms with Crippen LogP contribution in [-0.4, -0.2) is 29.8 Å². The lowest BCUT2D eigenvalue weighted by Gasteiger charge is -2.26. The third kappa shape index (κ3) is 3.29. The average molecular weight is 296 g/mol. The normalized spacial score (nSPS) is 13.0. The lowest BCUT2D eigenvalue weighted by atomic mass is 10.1. The zero-order valence-corrected chi connectivity index (χ0v) is 13.0. The summed E-state index contributed by atoms with van der Waals surface area (Å²) in [4.78, 5) is 4.46. The van der Waals surface area contributed by atoms with Gasteiger partial charge in [0.1, 0.15) is 5.82 Å². The molecule has 0 aliphatic carbocycles. The molecular formula is C13H20N4O2S. The predicted molar refractivity (Wildman–Crippen MR) is 80.9 cm³/mol. The van der Waals surface area contributed by atoms with Crippen LogP contribution in [0.4, 0.5) is 5.69 Å². The predicted octanol–water partition coefficient (Wildman–Crippen LogP) is 1.25. The Morgan fingerprint density at radius 3 is 2.65 bits per heavy atom. The van der Waals surface area contributed by atoms with Crippen molar-refractivity contribution in [3.8, 4) is 0 Å². The number of imidazole rings is 1. The number of fused-ring (bicyclic) bond motifs is 1. The van der Waals surface area contributed by atoms with Crippen molar-refractivity contribution >= 4 is 26.7 Å². The van der Waals surface area contributed by atoms with Gasteiger partial charge in [0.15, 0.2) is 0 Å². The highest BCUT2D eigenvalue weighted by Crippen LogP contribution is 2.21. The zero-order valence-electron chi connectivity index (χ0n) is 12.1. The maximum Gasteiger partial charge on any atom is 0.209 e. The van der Waals surface area contributed by atoms with Crippen LogP contribution in [-0.2, 0) is 16.6 Å². The number of anilines is 1. The summed E-state index contributed by atoms with van der Waals surface area (Å²) in [6, 6.07) is 5.54. The van der Waals surface area contributed by atoms with Crippen LogP contribution in [0.1, 0.15) is 19.7 Å². The third-order valence-electron chi connectivity index (χ3n) is 2.98. The number of rotatable bonds is 4. The van der Waals surface area contributed by atoms with Gasteiger partial charge in [-0.15, -0.1) is 0 Å². The second-order valence-corrected chi connectivity index (χ2v) is 7.50. The molecule has 6 nitrogen and oxygen atoms in total. The molecule has 0 radical (unpaired) electrons. The van der Waals surface area contributed by atoms with E-state index < -0.39 is 15.6 Å². The topological polar surface area (TPSA) is 90.0 Å². The standard InChI is InChI=1S/C13H20N4O2S/c1-9-15-11-7-10(14)5-6-12(11)17(9)8-13(2,3)16-20(4,18)19/h5-7,16H,8,14H2,1-4H3. The number of nitrogens with zero attached hydrogens (tertiary/aromatic N) is 2. The molecule has 7 heteroatoms. The summed E-state index contributed by atoms with van der Waals surface area (Å²) in [7, 11) is -3.26. The Labute approximate surface area is 119 Å². The highest BCUT2D eigenvalue weighted by Gasteiger charge is 2.24. The third-order valence-corrected chi connectivity index (χ3v) is 3.90. The number of sulfonamides is 1. The Balaban J connectivity index is 2.41. The number of benzene rings is 1. The van der Waals surface area contributed by atoms with E-state index >= 15 is 0 Å². The monoisotopic (exact) mass is 296 g/mol. The smallest absolute Gasteiger partial charge is 0.209 e. The molecule has 0 fully saturated rings. The molecule has 0 amide bonds. The van der Waals surface area contributed by atoms with Gasteiger partial charge in [-0.1, -0.05) is 0 Å². The van der Waals surface area contributed by atoms with Crippen molar-refractivity contribution < 1.29 is 8.42 Å². The van der Waals surface area contributed by atoms with Crippen LogP contribution in [0.25, 0.3) is 11.0 Å². The molecule has 0 atom stereocenters. The van der Waals surface area contributed by atoms with Gasteiger partial charge in [0, 0.05) is 17.8 Å². The Morgan fingerprint density at radius 1 is 1.40 bits per heavy atom. The number of nitrogen functional groups attached to an aromatic ring is 1. The Hall–Kier alpha value is -1.60. The number of aryl methyl sites for hydroxylation is 1. The minimum Gasteiger partial charge on any atom is -0.399 e. The fourth-order valence-electron chi connectivity index (χ4n) is 2.40. The van der Waals surface area contributed by atoms with E-state index in [1.807, 2.05) is 43.5 Å². The van der Waals surface area contributed by atoms with Gasteiger partial charge < -0.3 is 10.3 Å². The van der Waals surface area contributed by atoms with Crippen LogP contribution in [0.2, 0.25) is 0 Å². The van der Waals surface area contributed by atoms with Crippen molar-refractivity contribution in [1.82, 2.24) is 14.3 Å². The molecule has 0 aliphatic heterocycles. The van der Waals surface area contributed by atoms with Crippen LogP contribution in [0.3, 0.4) is 0 Å². The van der Waals surface area contributed by atoms with E-state index in [0.29, 0.717) is 12.2 Å². The maximum absolute atomic E-state index is 11.4. The zero-order chi connectivity index (χ0) is 15.1. The first-order valence-corrected chi connectivity index (χ1v) is 8.18. The molecule has 0 bridgehead atoms. The second-order valence-electron chi connectivity index (χ2n) is 5.75. The molecule has 1 heterocycles. The number of hydrogen-bond donors (Lipinski definition) is 2. The number of nitrogens with two attached hydrogens (primary N) is 1. The first-order valence-electron chi connectivity index (χ1n) is 6.29. The molecule has 0 aliphatic rings. The van der Waals surface area contributed by atoms with E-state index in [0.717, 1.165) is 23.1 Å². The van der Waals surface area contributed by atoms with Gasteiger partial charge in [0.2, 0.25) is 10.0 Å². The van der Waals surface area contributed by atoms with Crippen molar-refractivity contribution in [2.75, 3.05) is 12.0 Å². The van der Waals surface area contributed by atoms with Crippen molar-refractivity contribution in [2.45, 2.75) is 32.9 Å². The second kappa shape index (κ2) is 4.75. The molecule has 110 valence electrons. The lowest BCUT2D eigenvalue weighted by Crippen LogP contribution is -2.46. The van der Waals surface area contributed by atoms with Gasteiger partial charge in [0.25, 0.3) is 0 Å². The van der Waals surface area contributed by atoms with E-state index in [1.54, 1.807) is 0 Å².